The molecule has 5 rings (SSSR count). The highest BCUT2D eigenvalue weighted by Crippen LogP contribution is 2.27. The minimum Gasteiger partial charge on any atom is -0.463 e. The van der Waals surface area contributed by atoms with Gasteiger partial charge in [-0.1, -0.05) is 18.2 Å². The second kappa shape index (κ2) is 9.79. The van der Waals surface area contributed by atoms with Crippen molar-refractivity contribution in [3.8, 4) is 23.2 Å². The molecule has 0 atom stereocenters. The van der Waals surface area contributed by atoms with Crippen molar-refractivity contribution in [2.24, 2.45) is 0 Å². The summed E-state index contributed by atoms with van der Waals surface area (Å²) in [5.41, 5.74) is 1.95. The van der Waals surface area contributed by atoms with Crippen LogP contribution in [0.15, 0.2) is 71.6 Å². The summed E-state index contributed by atoms with van der Waals surface area (Å²) in [6.07, 6.45) is 4.41. The molecule has 0 spiro atoms. The van der Waals surface area contributed by atoms with E-state index in [0.29, 0.717) is 28.2 Å². The lowest BCUT2D eigenvalue weighted by Crippen LogP contribution is -2.23. The van der Waals surface area contributed by atoms with E-state index in [-0.39, 0.29) is 23.0 Å². The quantitative estimate of drug-likeness (QED) is 0.332. The molecule has 0 unspecified atom stereocenters. The molecule has 0 bridgehead atoms. The van der Waals surface area contributed by atoms with Gasteiger partial charge in [-0.15, -0.1) is 0 Å². The van der Waals surface area contributed by atoms with Gasteiger partial charge in [0.1, 0.15) is 17.3 Å². The van der Waals surface area contributed by atoms with Crippen molar-refractivity contribution in [1.82, 2.24) is 24.5 Å². The van der Waals surface area contributed by atoms with Crippen molar-refractivity contribution < 1.29 is 18.7 Å². The lowest BCUT2D eigenvalue weighted by Gasteiger charge is -2.11. The van der Waals surface area contributed by atoms with E-state index in [1.807, 2.05) is 38.1 Å². The zero-order valence-corrected chi connectivity index (χ0v) is 20.0. The van der Waals surface area contributed by atoms with Gasteiger partial charge in [-0.25, -0.2) is 19.1 Å². The molecule has 11 nitrogen and oxygen atoms in total. The van der Waals surface area contributed by atoms with Crippen LogP contribution in [0.5, 0.6) is 0 Å². The Morgan fingerprint density at radius 2 is 1.95 bits per heavy atom. The number of carbonyl (C=O) groups is 2. The molecule has 0 fully saturated rings. The number of amides is 1. The van der Waals surface area contributed by atoms with Gasteiger partial charge >= 0.3 is 5.97 Å². The lowest BCUT2D eigenvalue weighted by molar-refractivity contribution is -0.119. The number of anilines is 1. The van der Waals surface area contributed by atoms with Crippen LogP contribution in [0.4, 0.5) is 5.82 Å². The van der Waals surface area contributed by atoms with Gasteiger partial charge in [0.15, 0.2) is 23.8 Å². The Hall–Kier alpha value is -5.24. The maximum atomic E-state index is 13.1. The maximum Gasteiger partial charge on any atom is 0.339 e. The molecular weight excluding hydrogens is 474 g/mol. The summed E-state index contributed by atoms with van der Waals surface area (Å²) < 4.78 is 13.9. The number of benzene rings is 1. The number of nitrogens with one attached hydrogen (secondary N) is 1. The summed E-state index contributed by atoms with van der Waals surface area (Å²) in [4.78, 5) is 30.5. The van der Waals surface area contributed by atoms with Crippen LogP contribution >= 0.6 is 0 Å². The van der Waals surface area contributed by atoms with E-state index in [2.05, 4.69) is 20.5 Å². The Balaban J connectivity index is 1.39. The fourth-order valence-corrected chi connectivity index (χ4v) is 3.81. The molecule has 0 radical (unpaired) electrons. The molecule has 1 amide bonds. The maximum absolute atomic E-state index is 13.1. The van der Waals surface area contributed by atoms with E-state index in [9.17, 15) is 14.9 Å². The van der Waals surface area contributed by atoms with Crippen LogP contribution < -0.4 is 5.32 Å². The highest BCUT2D eigenvalue weighted by atomic mass is 16.5. The van der Waals surface area contributed by atoms with E-state index in [1.165, 1.54) is 17.1 Å². The van der Waals surface area contributed by atoms with Crippen molar-refractivity contribution in [3.63, 3.8) is 0 Å². The number of ether oxygens (including phenoxy) is 1. The van der Waals surface area contributed by atoms with E-state index < -0.39 is 18.5 Å². The molecule has 0 aliphatic rings. The van der Waals surface area contributed by atoms with Crippen LogP contribution in [0.25, 0.3) is 28.2 Å². The van der Waals surface area contributed by atoms with Gasteiger partial charge in [0, 0.05) is 6.04 Å². The highest BCUT2D eigenvalue weighted by molar-refractivity contribution is 6.04. The molecule has 4 aromatic heterocycles. The third-order valence-electron chi connectivity index (χ3n) is 5.53. The predicted molar refractivity (Wildman–Crippen MR) is 133 cm³/mol. The van der Waals surface area contributed by atoms with Crippen molar-refractivity contribution >= 4 is 28.7 Å². The fraction of sp³-hybridized carbons (Fsp3) is 0.154. The van der Waals surface area contributed by atoms with Crippen LogP contribution in [-0.2, 0) is 9.53 Å². The number of furan rings is 1. The average molecular weight is 495 g/mol. The molecule has 1 N–H and O–H groups in total. The average Bonchev–Trinajstić information content (AvgIpc) is 3.67. The first-order valence-corrected chi connectivity index (χ1v) is 11.4. The summed E-state index contributed by atoms with van der Waals surface area (Å²) in [6, 6.07) is 16.0. The summed E-state index contributed by atoms with van der Waals surface area (Å²) in [7, 11) is 0. The number of hydrogen-bond donors (Lipinski definition) is 1. The van der Waals surface area contributed by atoms with Crippen LogP contribution in [0.1, 0.15) is 35.8 Å². The number of nitrogens with zero attached hydrogens (tertiary/aromatic N) is 6. The molecule has 0 saturated heterocycles. The molecule has 0 saturated carbocycles. The van der Waals surface area contributed by atoms with Crippen molar-refractivity contribution in [3.05, 3.63) is 78.3 Å². The number of para-hydroxylation sites is 1. The molecule has 184 valence electrons. The summed E-state index contributed by atoms with van der Waals surface area (Å²) in [5.74, 6) is -0.699. The van der Waals surface area contributed by atoms with E-state index in [0.717, 1.165) is 0 Å². The smallest absolute Gasteiger partial charge is 0.339 e. The fourth-order valence-electron chi connectivity index (χ4n) is 3.81. The Labute approximate surface area is 210 Å². The summed E-state index contributed by atoms with van der Waals surface area (Å²) in [6.45, 7) is 3.32. The molecule has 37 heavy (non-hydrogen) atoms. The van der Waals surface area contributed by atoms with Gasteiger partial charge in [-0.3, -0.25) is 4.79 Å². The number of fused-ring (bicyclic) bond motifs is 1. The number of rotatable bonds is 7. The van der Waals surface area contributed by atoms with Crippen molar-refractivity contribution in [2.45, 2.75) is 19.9 Å². The van der Waals surface area contributed by atoms with Gasteiger partial charge < -0.3 is 14.5 Å². The first kappa shape index (κ1) is 23.5. The molecule has 11 heteroatoms. The Bertz CT molecular complexity index is 1630. The Morgan fingerprint density at radius 1 is 1.14 bits per heavy atom. The first-order chi connectivity index (χ1) is 18.0. The van der Waals surface area contributed by atoms with Crippen LogP contribution in [-0.4, -0.2) is 43.0 Å². The summed E-state index contributed by atoms with van der Waals surface area (Å²) in [5, 5.41) is 21.1. The molecule has 4 heterocycles. The van der Waals surface area contributed by atoms with E-state index in [1.54, 1.807) is 41.2 Å². The number of esters is 1. The normalized spacial score (nSPS) is 11.0. The SMILES string of the molecule is CC(C)n1ncc2c(C(=O)OCC(=O)Nc3c(C#N)cnn3-c3ccccc3)cc(-c3ccco3)nc21. The molecule has 1 aromatic carbocycles. The van der Waals surface area contributed by atoms with Gasteiger partial charge in [-0.05, 0) is 44.2 Å². The van der Waals surface area contributed by atoms with E-state index >= 15 is 0 Å². The van der Waals surface area contributed by atoms with Gasteiger partial charge in [0.25, 0.3) is 5.91 Å². The van der Waals surface area contributed by atoms with Crippen LogP contribution in [0.2, 0.25) is 0 Å². The van der Waals surface area contributed by atoms with Crippen molar-refractivity contribution in [2.75, 3.05) is 11.9 Å². The summed E-state index contributed by atoms with van der Waals surface area (Å²) >= 11 is 0. The topological polar surface area (TPSA) is 141 Å². The van der Waals surface area contributed by atoms with Crippen LogP contribution in [0, 0.1) is 11.3 Å². The highest BCUT2D eigenvalue weighted by Gasteiger charge is 2.22. The number of nitriles is 1. The standard InChI is InChI=1S/C26H21N7O4/c1-16(2)32-25-20(14-29-32)19(11-21(30-25)22-9-6-10-36-22)26(35)37-15-23(34)31-24-17(12-27)13-28-33(24)18-7-4-3-5-8-18/h3-11,13-14,16H,15H2,1-2H3,(H,31,34). The largest absolute Gasteiger partial charge is 0.463 e. The Kier molecular flexibility index (Phi) is 6.22. The minimum absolute atomic E-state index is 0.00436. The zero-order chi connectivity index (χ0) is 25.9. The number of aromatic nitrogens is 5. The molecular formula is C26H21N7O4. The van der Waals surface area contributed by atoms with Gasteiger partial charge in [0.05, 0.1) is 35.3 Å². The van der Waals surface area contributed by atoms with Gasteiger partial charge in [0.2, 0.25) is 0 Å². The molecule has 0 aliphatic heterocycles. The van der Waals surface area contributed by atoms with Crippen molar-refractivity contribution in [1.29, 1.82) is 5.26 Å². The third kappa shape index (κ3) is 4.55. The molecule has 0 aliphatic carbocycles. The lowest BCUT2D eigenvalue weighted by atomic mass is 10.1. The second-order valence-corrected chi connectivity index (χ2v) is 8.34. The predicted octanol–water partition coefficient (Wildman–Crippen LogP) is 4.13. The number of pyridine rings is 1. The second-order valence-electron chi connectivity index (χ2n) is 8.34. The van der Waals surface area contributed by atoms with Gasteiger partial charge in [-0.2, -0.15) is 15.5 Å². The minimum atomic E-state index is -0.726. The monoisotopic (exact) mass is 495 g/mol. The number of hydrogen-bond acceptors (Lipinski definition) is 8. The first-order valence-electron chi connectivity index (χ1n) is 11.4. The van der Waals surface area contributed by atoms with E-state index in [4.69, 9.17) is 9.15 Å². The number of carbonyl (C=O) groups excluding carboxylic acids is 2. The van der Waals surface area contributed by atoms with Crippen LogP contribution in [0.3, 0.4) is 0 Å². The third-order valence-corrected chi connectivity index (χ3v) is 5.53. The Morgan fingerprint density at radius 3 is 2.65 bits per heavy atom. The molecule has 5 aromatic rings. The zero-order valence-electron chi connectivity index (χ0n) is 20.0.